The van der Waals surface area contributed by atoms with Gasteiger partial charge >= 0.3 is 6.03 Å². The van der Waals surface area contributed by atoms with Crippen molar-refractivity contribution in [2.24, 2.45) is 0 Å². The van der Waals surface area contributed by atoms with Crippen LogP contribution in [0.2, 0.25) is 0 Å². The Bertz CT molecular complexity index is 944. The van der Waals surface area contributed by atoms with Gasteiger partial charge in [-0.15, -0.1) is 0 Å². The Labute approximate surface area is 127 Å². The SMILES string of the molecule is O=C(Nc1cccc([N+](=O)[O-])c1)n1sc2ccccc2c1=O. The molecule has 0 aliphatic carbocycles. The van der Waals surface area contributed by atoms with E-state index in [-0.39, 0.29) is 11.4 Å². The Balaban J connectivity index is 1.94. The van der Waals surface area contributed by atoms with E-state index in [1.165, 1.54) is 24.3 Å². The number of non-ortho nitro benzene ring substituents is 1. The molecule has 0 aliphatic rings. The average Bonchev–Trinajstić information content (AvgIpc) is 2.85. The number of amides is 1. The molecule has 1 N–H and O–H groups in total. The lowest BCUT2D eigenvalue weighted by Gasteiger charge is -2.03. The number of fused-ring (bicyclic) bond motifs is 1. The minimum atomic E-state index is -0.647. The van der Waals surface area contributed by atoms with Gasteiger partial charge in [-0.2, -0.15) is 3.96 Å². The number of hydrogen-bond acceptors (Lipinski definition) is 5. The minimum absolute atomic E-state index is 0.138. The quantitative estimate of drug-likeness (QED) is 0.581. The predicted octanol–water partition coefficient (Wildman–Crippen LogP) is 3.05. The van der Waals surface area contributed by atoms with Gasteiger partial charge in [0.1, 0.15) is 0 Å². The third kappa shape index (κ3) is 2.47. The Morgan fingerprint density at radius 1 is 1.18 bits per heavy atom. The molecule has 0 fully saturated rings. The zero-order valence-electron chi connectivity index (χ0n) is 11.1. The van der Waals surface area contributed by atoms with Gasteiger partial charge < -0.3 is 5.32 Å². The van der Waals surface area contributed by atoms with Crippen molar-refractivity contribution < 1.29 is 9.72 Å². The maximum Gasteiger partial charge on any atom is 0.342 e. The molecule has 3 aromatic rings. The summed E-state index contributed by atoms with van der Waals surface area (Å²) in [5, 5.41) is 13.7. The molecule has 0 spiro atoms. The van der Waals surface area contributed by atoms with Gasteiger partial charge in [0.25, 0.3) is 11.2 Å². The number of carbonyl (C=O) groups is 1. The monoisotopic (exact) mass is 315 g/mol. The molecule has 0 atom stereocenters. The fourth-order valence-electron chi connectivity index (χ4n) is 1.98. The van der Waals surface area contributed by atoms with Gasteiger partial charge in [-0.3, -0.25) is 14.9 Å². The molecule has 8 heteroatoms. The molecule has 7 nitrogen and oxygen atoms in total. The van der Waals surface area contributed by atoms with Crippen molar-refractivity contribution in [1.82, 2.24) is 3.96 Å². The summed E-state index contributed by atoms with van der Waals surface area (Å²) in [5.74, 6) is 0. The Kier molecular flexibility index (Phi) is 3.43. The summed E-state index contributed by atoms with van der Waals surface area (Å²) in [4.78, 5) is 34.5. The lowest BCUT2D eigenvalue weighted by molar-refractivity contribution is -0.384. The molecule has 2 aromatic carbocycles. The van der Waals surface area contributed by atoms with E-state index < -0.39 is 16.5 Å². The molecule has 0 saturated carbocycles. The Hall–Kier alpha value is -3.00. The van der Waals surface area contributed by atoms with Crippen molar-refractivity contribution in [2.45, 2.75) is 0 Å². The van der Waals surface area contributed by atoms with Gasteiger partial charge in [0.05, 0.1) is 15.0 Å². The zero-order chi connectivity index (χ0) is 15.7. The molecule has 0 unspecified atom stereocenters. The van der Waals surface area contributed by atoms with E-state index in [0.717, 1.165) is 15.5 Å². The Morgan fingerprint density at radius 3 is 2.68 bits per heavy atom. The van der Waals surface area contributed by atoms with Crippen LogP contribution in [0.4, 0.5) is 16.2 Å². The number of carbonyl (C=O) groups excluding carboxylic acids is 1. The van der Waals surface area contributed by atoms with E-state index in [1.807, 2.05) is 0 Å². The summed E-state index contributed by atoms with van der Waals surface area (Å²) >= 11 is 1.02. The average molecular weight is 315 g/mol. The number of aromatic nitrogens is 1. The lowest BCUT2D eigenvalue weighted by Crippen LogP contribution is -2.26. The van der Waals surface area contributed by atoms with Crippen LogP contribution < -0.4 is 10.9 Å². The fraction of sp³-hybridized carbons (Fsp3) is 0. The van der Waals surface area contributed by atoms with E-state index >= 15 is 0 Å². The van der Waals surface area contributed by atoms with Crippen molar-refractivity contribution in [2.75, 3.05) is 5.32 Å². The van der Waals surface area contributed by atoms with Crippen LogP contribution in [0.3, 0.4) is 0 Å². The van der Waals surface area contributed by atoms with Gasteiger partial charge in [0.15, 0.2) is 0 Å². The topological polar surface area (TPSA) is 94.2 Å². The van der Waals surface area contributed by atoms with E-state index in [1.54, 1.807) is 24.3 Å². The maximum absolute atomic E-state index is 12.2. The summed E-state index contributed by atoms with van der Waals surface area (Å²) in [6.45, 7) is 0. The van der Waals surface area contributed by atoms with Crippen molar-refractivity contribution in [3.8, 4) is 0 Å². The highest BCUT2D eigenvalue weighted by Crippen LogP contribution is 2.19. The number of hydrogen-bond donors (Lipinski definition) is 1. The molecule has 3 rings (SSSR count). The number of nitrogens with zero attached hydrogens (tertiary/aromatic N) is 2. The van der Waals surface area contributed by atoms with Gasteiger partial charge in [0, 0.05) is 17.8 Å². The third-order valence-electron chi connectivity index (χ3n) is 2.98. The first-order valence-electron chi connectivity index (χ1n) is 6.23. The largest absolute Gasteiger partial charge is 0.342 e. The first kappa shape index (κ1) is 14.0. The number of rotatable bonds is 2. The molecular formula is C14H9N3O4S. The van der Waals surface area contributed by atoms with Crippen LogP contribution in [-0.2, 0) is 0 Å². The van der Waals surface area contributed by atoms with Gasteiger partial charge in [-0.05, 0) is 29.7 Å². The molecule has 0 aliphatic heterocycles. The number of anilines is 1. The molecule has 1 aromatic heterocycles. The fourth-order valence-corrected chi connectivity index (χ4v) is 2.88. The van der Waals surface area contributed by atoms with Gasteiger partial charge in [-0.25, -0.2) is 4.79 Å². The second-order valence-corrected chi connectivity index (χ2v) is 5.41. The van der Waals surface area contributed by atoms with E-state index in [0.29, 0.717) is 10.1 Å². The molecule has 0 radical (unpaired) electrons. The van der Waals surface area contributed by atoms with Crippen molar-refractivity contribution in [3.05, 3.63) is 69.0 Å². The zero-order valence-corrected chi connectivity index (χ0v) is 11.9. The third-order valence-corrected chi connectivity index (χ3v) is 4.05. The molecule has 0 saturated heterocycles. The number of benzene rings is 2. The highest BCUT2D eigenvalue weighted by molar-refractivity contribution is 7.14. The minimum Gasteiger partial charge on any atom is -0.306 e. The predicted molar refractivity (Wildman–Crippen MR) is 83.6 cm³/mol. The molecule has 1 amide bonds. The number of nitrogens with one attached hydrogen (secondary N) is 1. The molecule has 1 heterocycles. The maximum atomic E-state index is 12.2. The summed E-state index contributed by atoms with van der Waals surface area (Å²) in [6, 6.07) is 11.8. The van der Waals surface area contributed by atoms with Crippen LogP contribution in [0, 0.1) is 10.1 Å². The second kappa shape index (κ2) is 5.41. The molecule has 0 bridgehead atoms. The van der Waals surface area contributed by atoms with Crippen LogP contribution in [0.5, 0.6) is 0 Å². The molecule has 22 heavy (non-hydrogen) atoms. The standard InChI is InChI=1S/C14H9N3O4S/c18-13-11-6-1-2-7-12(11)22-16(13)14(19)15-9-4-3-5-10(8-9)17(20)21/h1-8H,(H,15,19). The summed E-state index contributed by atoms with van der Waals surface area (Å²) in [7, 11) is 0. The smallest absolute Gasteiger partial charge is 0.306 e. The van der Waals surface area contributed by atoms with Crippen molar-refractivity contribution in [3.63, 3.8) is 0 Å². The summed E-state index contributed by atoms with van der Waals surface area (Å²) in [6.07, 6.45) is 0. The Morgan fingerprint density at radius 2 is 1.95 bits per heavy atom. The van der Waals surface area contributed by atoms with Crippen LogP contribution in [0.25, 0.3) is 10.1 Å². The van der Waals surface area contributed by atoms with E-state index in [4.69, 9.17) is 0 Å². The first-order chi connectivity index (χ1) is 10.6. The van der Waals surface area contributed by atoms with Crippen molar-refractivity contribution in [1.29, 1.82) is 0 Å². The number of nitro benzene ring substituents is 1. The van der Waals surface area contributed by atoms with Crippen LogP contribution in [-0.4, -0.2) is 14.9 Å². The lowest BCUT2D eigenvalue weighted by atomic mass is 10.3. The molecular weight excluding hydrogens is 306 g/mol. The second-order valence-electron chi connectivity index (χ2n) is 4.42. The summed E-state index contributed by atoms with van der Waals surface area (Å²) in [5.41, 5.74) is -0.298. The highest BCUT2D eigenvalue weighted by Gasteiger charge is 2.14. The normalized spacial score (nSPS) is 10.5. The van der Waals surface area contributed by atoms with E-state index in [9.17, 15) is 19.7 Å². The van der Waals surface area contributed by atoms with E-state index in [2.05, 4.69) is 5.32 Å². The van der Waals surface area contributed by atoms with Gasteiger partial charge in [-0.1, -0.05) is 18.2 Å². The van der Waals surface area contributed by atoms with Crippen LogP contribution >= 0.6 is 11.5 Å². The van der Waals surface area contributed by atoms with Crippen molar-refractivity contribution >= 4 is 39.0 Å². The number of nitro groups is 1. The van der Waals surface area contributed by atoms with Crippen LogP contribution in [0.1, 0.15) is 0 Å². The summed E-state index contributed by atoms with van der Waals surface area (Å²) < 4.78 is 1.69. The van der Waals surface area contributed by atoms with Gasteiger partial charge in [0.2, 0.25) is 0 Å². The molecule has 110 valence electrons. The highest BCUT2D eigenvalue weighted by atomic mass is 32.1. The first-order valence-corrected chi connectivity index (χ1v) is 7.00. The van der Waals surface area contributed by atoms with Crippen LogP contribution in [0.15, 0.2) is 53.3 Å².